The van der Waals surface area contributed by atoms with E-state index >= 15 is 0 Å². The van der Waals surface area contributed by atoms with Crippen LogP contribution in [0.5, 0.6) is 5.75 Å². The number of halogens is 2. The van der Waals surface area contributed by atoms with Gasteiger partial charge in [-0.05, 0) is 54.7 Å². The number of amides is 2. The van der Waals surface area contributed by atoms with E-state index in [4.69, 9.17) is 10.5 Å². The molecule has 210 valence electrons. The van der Waals surface area contributed by atoms with Gasteiger partial charge in [-0.2, -0.15) is 0 Å². The molecule has 9 heteroatoms. The van der Waals surface area contributed by atoms with Gasteiger partial charge in [-0.3, -0.25) is 9.28 Å². The van der Waals surface area contributed by atoms with Crippen molar-refractivity contribution >= 4 is 11.8 Å². The molecule has 0 heterocycles. The SMILES string of the molecule is CCC[N+](CCC)(C(=O)CCCC(N)=O)[C@@H](Cc1cc(F)cc(F)c1)[C@H](O)CNCc1cccc(OC)c1. The Morgan fingerprint density at radius 2 is 1.68 bits per heavy atom. The Balaban J connectivity index is 2.38. The van der Waals surface area contributed by atoms with Crippen LogP contribution in [0.3, 0.4) is 0 Å². The fourth-order valence-corrected chi connectivity index (χ4v) is 5.21. The topological polar surface area (TPSA) is 102 Å². The van der Waals surface area contributed by atoms with Crippen LogP contribution in [-0.4, -0.2) is 60.3 Å². The smallest absolute Gasteiger partial charge is 0.314 e. The fourth-order valence-electron chi connectivity index (χ4n) is 5.21. The molecule has 0 fully saturated rings. The Morgan fingerprint density at radius 3 is 2.26 bits per heavy atom. The Kier molecular flexibility index (Phi) is 12.8. The number of carbonyl (C=O) groups is 2. The number of carbonyl (C=O) groups excluding carboxylic acids is 2. The van der Waals surface area contributed by atoms with E-state index in [2.05, 4.69) is 5.32 Å². The number of quaternary nitrogens is 1. The molecule has 0 aliphatic carbocycles. The van der Waals surface area contributed by atoms with E-state index in [1.54, 1.807) is 7.11 Å². The standard InChI is InChI=1S/C29H41F2N3O4/c1-4-12-34(13-5-2,29(37)11-7-10-28(32)36)26(17-22-14-23(30)18-24(31)15-22)27(35)20-33-19-21-8-6-9-25(16-21)38-3/h6,8-9,14-16,18,26-27,33,35H,4-5,7,10-13,17,19-20H2,1-3H3,(H-,32,36)/p+1/t26-,27+/m0/s1. The number of hydrogen-bond donors (Lipinski definition) is 3. The summed E-state index contributed by atoms with van der Waals surface area (Å²) >= 11 is 0. The molecule has 4 N–H and O–H groups in total. The molecule has 2 atom stereocenters. The number of methoxy groups -OCH3 is 1. The molecule has 7 nitrogen and oxygen atoms in total. The number of ether oxygens (including phenoxy) is 1. The molecule has 0 saturated carbocycles. The summed E-state index contributed by atoms with van der Waals surface area (Å²) in [5, 5.41) is 14.8. The number of hydrogen-bond acceptors (Lipinski definition) is 5. The zero-order valence-electron chi connectivity index (χ0n) is 22.7. The molecule has 2 amide bonds. The highest BCUT2D eigenvalue weighted by Crippen LogP contribution is 2.27. The van der Waals surface area contributed by atoms with Gasteiger partial charge in [0, 0.05) is 32.0 Å². The number of primary amides is 1. The molecule has 0 aromatic heterocycles. The second kappa shape index (κ2) is 15.5. The van der Waals surface area contributed by atoms with Crippen LogP contribution < -0.4 is 15.8 Å². The van der Waals surface area contributed by atoms with Gasteiger partial charge in [-0.15, -0.1) is 0 Å². The van der Waals surface area contributed by atoms with Crippen molar-refractivity contribution < 1.29 is 32.7 Å². The van der Waals surface area contributed by atoms with Crippen molar-refractivity contribution in [1.29, 1.82) is 0 Å². The van der Waals surface area contributed by atoms with E-state index in [9.17, 15) is 23.5 Å². The lowest BCUT2D eigenvalue weighted by Gasteiger charge is -2.44. The summed E-state index contributed by atoms with van der Waals surface area (Å²) in [5.41, 5.74) is 6.62. The highest BCUT2D eigenvalue weighted by Gasteiger charge is 2.45. The third kappa shape index (κ3) is 9.15. The Bertz CT molecular complexity index is 1020. The number of nitrogens with two attached hydrogens (primary N) is 1. The molecule has 0 radical (unpaired) electrons. The summed E-state index contributed by atoms with van der Waals surface area (Å²) in [7, 11) is 1.59. The molecule has 0 aliphatic rings. The minimum absolute atomic E-state index is 0.0358. The first kappa shape index (κ1) is 31.3. The van der Waals surface area contributed by atoms with Crippen molar-refractivity contribution in [1.82, 2.24) is 5.32 Å². The summed E-state index contributed by atoms with van der Waals surface area (Å²) in [4.78, 5) is 25.1. The van der Waals surface area contributed by atoms with Crippen molar-refractivity contribution in [3.8, 4) is 5.75 Å². The van der Waals surface area contributed by atoms with Gasteiger partial charge in [0.1, 0.15) is 29.5 Å². The second-order valence-corrected chi connectivity index (χ2v) is 9.79. The minimum Gasteiger partial charge on any atom is -0.497 e. The number of benzene rings is 2. The number of aliphatic hydroxyl groups is 1. The molecule has 0 bridgehead atoms. The Hall–Kier alpha value is -2.88. The largest absolute Gasteiger partial charge is 0.497 e. The normalized spacial score (nSPS) is 13.2. The third-order valence-corrected chi connectivity index (χ3v) is 6.82. The lowest BCUT2D eigenvalue weighted by Crippen LogP contribution is -2.65. The van der Waals surface area contributed by atoms with Gasteiger partial charge in [0.05, 0.1) is 26.6 Å². The quantitative estimate of drug-likeness (QED) is 0.268. The number of rotatable bonds is 17. The van der Waals surface area contributed by atoms with Gasteiger partial charge in [0.15, 0.2) is 0 Å². The van der Waals surface area contributed by atoms with Crippen LogP contribution in [0, 0.1) is 11.6 Å². The van der Waals surface area contributed by atoms with Gasteiger partial charge < -0.3 is 20.9 Å². The maximum atomic E-state index is 14.1. The van der Waals surface area contributed by atoms with E-state index in [0.29, 0.717) is 44.5 Å². The first-order chi connectivity index (χ1) is 18.1. The van der Waals surface area contributed by atoms with Gasteiger partial charge >= 0.3 is 5.91 Å². The average molecular weight is 535 g/mol. The molecule has 0 saturated heterocycles. The van der Waals surface area contributed by atoms with Crippen LogP contribution in [0.1, 0.15) is 57.1 Å². The van der Waals surface area contributed by atoms with Crippen LogP contribution in [-0.2, 0) is 22.6 Å². The maximum absolute atomic E-state index is 14.1. The van der Waals surface area contributed by atoms with Gasteiger partial charge in [-0.1, -0.05) is 26.0 Å². The average Bonchev–Trinajstić information content (AvgIpc) is 2.86. The van der Waals surface area contributed by atoms with Gasteiger partial charge in [0.2, 0.25) is 5.91 Å². The summed E-state index contributed by atoms with van der Waals surface area (Å²) in [6.45, 7) is 5.47. The predicted octanol–water partition coefficient (Wildman–Crippen LogP) is 3.85. The van der Waals surface area contributed by atoms with Crippen molar-refractivity contribution in [2.75, 3.05) is 26.7 Å². The lowest BCUT2D eigenvalue weighted by atomic mass is 9.94. The van der Waals surface area contributed by atoms with E-state index in [1.165, 1.54) is 12.1 Å². The molecule has 0 aliphatic heterocycles. The van der Waals surface area contributed by atoms with E-state index in [0.717, 1.165) is 17.4 Å². The molecule has 2 aromatic rings. The van der Waals surface area contributed by atoms with Gasteiger partial charge in [-0.25, -0.2) is 13.6 Å². The molecule has 2 rings (SSSR count). The molecule has 0 spiro atoms. The molecule has 0 unspecified atom stereocenters. The van der Waals surface area contributed by atoms with E-state index < -0.39 is 29.7 Å². The van der Waals surface area contributed by atoms with Crippen LogP contribution in [0.15, 0.2) is 42.5 Å². The van der Waals surface area contributed by atoms with Crippen LogP contribution in [0.25, 0.3) is 0 Å². The zero-order chi connectivity index (χ0) is 28.1. The Labute approximate surface area is 224 Å². The fraction of sp³-hybridized carbons (Fsp3) is 0.517. The second-order valence-electron chi connectivity index (χ2n) is 9.79. The minimum atomic E-state index is -0.995. The molecule has 38 heavy (non-hydrogen) atoms. The highest BCUT2D eigenvalue weighted by atomic mass is 19.1. The first-order valence-electron chi connectivity index (χ1n) is 13.3. The van der Waals surface area contributed by atoms with Crippen molar-refractivity contribution in [3.05, 3.63) is 65.2 Å². The van der Waals surface area contributed by atoms with E-state index in [1.807, 2.05) is 38.1 Å². The van der Waals surface area contributed by atoms with E-state index in [-0.39, 0.29) is 36.2 Å². The number of aliphatic hydroxyl groups excluding tert-OH is 1. The predicted molar refractivity (Wildman–Crippen MR) is 143 cm³/mol. The molecular weight excluding hydrogens is 492 g/mol. The Morgan fingerprint density at radius 1 is 1.03 bits per heavy atom. The van der Waals surface area contributed by atoms with Crippen LogP contribution in [0.2, 0.25) is 0 Å². The van der Waals surface area contributed by atoms with Crippen molar-refractivity contribution in [2.24, 2.45) is 5.73 Å². The van der Waals surface area contributed by atoms with Crippen molar-refractivity contribution in [2.45, 2.75) is 71.1 Å². The summed E-state index contributed by atoms with van der Waals surface area (Å²) in [6, 6.07) is 10.2. The van der Waals surface area contributed by atoms with Crippen LogP contribution >= 0.6 is 0 Å². The van der Waals surface area contributed by atoms with Crippen molar-refractivity contribution in [3.63, 3.8) is 0 Å². The lowest BCUT2D eigenvalue weighted by molar-refractivity contribution is -0.884. The number of nitrogens with zero attached hydrogens (tertiary/aromatic N) is 1. The summed E-state index contributed by atoms with van der Waals surface area (Å²) in [6.07, 6.45) is 0.977. The first-order valence-corrected chi connectivity index (χ1v) is 13.3. The summed E-state index contributed by atoms with van der Waals surface area (Å²) < 4.78 is 33.4. The summed E-state index contributed by atoms with van der Waals surface area (Å²) in [5.74, 6) is -1.28. The monoisotopic (exact) mass is 534 g/mol. The highest BCUT2D eigenvalue weighted by molar-refractivity contribution is 5.75. The molecule has 2 aromatic carbocycles. The number of nitrogens with one attached hydrogen (secondary N) is 1. The zero-order valence-corrected chi connectivity index (χ0v) is 22.7. The van der Waals surface area contributed by atoms with Gasteiger partial charge in [0.25, 0.3) is 0 Å². The van der Waals surface area contributed by atoms with Crippen LogP contribution in [0.4, 0.5) is 8.78 Å². The third-order valence-electron chi connectivity index (χ3n) is 6.82. The molecular formula is C29H42F2N3O4+. The maximum Gasteiger partial charge on any atom is 0.314 e.